The second-order valence-electron chi connectivity index (χ2n) is 7.52. The molecule has 3 rings (SSSR count). The van der Waals surface area contributed by atoms with E-state index in [2.05, 4.69) is 20.8 Å². The molecule has 0 spiro atoms. The van der Waals surface area contributed by atoms with Gasteiger partial charge in [-0.3, -0.25) is 14.7 Å². The number of aromatic amines is 1. The monoisotopic (exact) mass is 385 g/mol. The molecule has 1 aliphatic rings. The van der Waals surface area contributed by atoms with Crippen molar-refractivity contribution >= 4 is 11.8 Å². The molecule has 0 aliphatic heterocycles. The maximum atomic E-state index is 12.6. The summed E-state index contributed by atoms with van der Waals surface area (Å²) in [5.74, 6) is -0.119. The fraction of sp³-hybridized carbons (Fsp3) is 0.450. The van der Waals surface area contributed by atoms with Crippen LogP contribution >= 0.6 is 0 Å². The van der Waals surface area contributed by atoms with Gasteiger partial charge in [0.1, 0.15) is 11.4 Å². The Kier molecular flexibility index (Phi) is 6.30. The van der Waals surface area contributed by atoms with Gasteiger partial charge in [0.05, 0.1) is 12.2 Å². The highest BCUT2D eigenvalue weighted by Crippen LogP contribution is 2.27. The Balaban J connectivity index is 1.57. The number of nitrogens with zero attached hydrogens (tertiary/aromatic N) is 2. The second kappa shape index (κ2) is 8.88. The smallest absolute Gasteiger partial charge is 0.269 e. The molecule has 2 amide bonds. The molecule has 150 valence electrons. The van der Waals surface area contributed by atoms with Gasteiger partial charge in [0, 0.05) is 17.6 Å². The van der Waals surface area contributed by atoms with E-state index in [9.17, 15) is 14.7 Å². The maximum Gasteiger partial charge on any atom is 0.269 e. The summed E-state index contributed by atoms with van der Waals surface area (Å²) in [4.78, 5) is 26.4. The first-order valence-corrected chi connectivity index (χ1v) is 9.51. The van der Waals surface area contributed by atoms with Crippen molar-refractivity contribution < 1.29 is 14.7 Å². The summed E-state index contributed by atoms with van der Waals surface area (Å²) in [6, 6.07) is 8.56. The van der Waals surface area contributed by atoms with Crippen molar-refractivity contribution in [2.45, 2.75) is 37.8 Å². The summed E-state index contributed by atoms with van der Waals surface area (Å²) < 4.78 is 0. The molecule has 0 radical (unpaired) electrons. The standard InChI is InChI=1S/C20H27N5O3/c1-25(2)12-19(27)21-13-6-5-7-14(10-13)22-20(28)17-11-16(23-24-17)15-8-3-4-9-18(15)26/h3-4,8-9,11,13-14,26H,5-7,10,12H2,1-2H3,(H,21,27)(H,22,28)(H,23,24)/t13-,14-/m1/s1. The van der Waals surface area contributed by atoms with Gasteiger partial charge in [0.2, 0.25) is 5.91 Å². The number of H-pyrrole nitrogens is 1. The van der Waals surface area contributed by atoms with Crippen LogP contribution in [0.3, 0.4) is 0 Å². The number of phenols is 1. The molecular weight excluding hydrogens is 358 g/mol. The van der Waals surface area contributed by atoms with E-state index < -0.39 is 0 Å². The Morgan fingerprint density at radius 3 is 2.64 bits per heavy atom. The Bertz CT molecular complexity index is 833. The Morgan fingerprint density at radius 1 is 1.21 bits per heavy atom. The van der Waals surface area contributed by atoms with Crippen LogP contribution < -0.4 is 10.6 Å². The van der Waals surface area contributed by atoms with E-state index >= 15 is 0 Å². The molecule has 0 unspecified atom stereocenters. The predicted octanol–water partition coefficient (Wildman–Crippen LogP) is 1.50. The Labute approximate surface area is 164 Å². The van der Waals surface area contributed by atoms with Gasteiger partial charge in [-0.2, -0.15) is 5.10 Å². The van der Waals surface area contributed by atoms with Gasteiger partial charge in [-0.05, 0) is 58.0 Å². The molecular formula is C20H27N5O3. The van der Waals surface area contributed by atoms with E-state index in [-0.39, 0.29) is 29.6 Å². The number of amides is 2. The van der Waals surface area contributed by atoms with Crippen LogP contribution in [0, 0.1) is 0 Å². The molecule has 1 aromatic carbocycles. The average Bonchev–Trinajstić information content (AvgIpc) is 3.11. The topological polar surface area (TPSA) is 110 Å². The Hall–Kier alpha value is -2.87. The van der Waals surface area contributed by atoms with Crippen LogP contribution in [-0.2, 0) is 4.79 Å². The summed E-state index contributed by atoms with van der Waals surface area (Å²) in [5, 5.41) is 22.9. The van der Waals surface area contributed by atoms with E-state index in [0.29, 0.717) is 29.9 Å². The lowest BCUT2D eigenvalue weighted by atomic mass is 9.91. The van der Waals surface area contributed by atoms with Gasteiger partial charge in [-0.25, -0.2) is 0 Å². The largest absolute Gasteiger partial charge is 0.507 e. The molecule has 8 nitrogen and oxygen atoms in total. The van der Waals surface area contributed by atoms with Gasteiger partial charge in [-0.1, -0.05) is 12.1 Å². The third-order valence-electron chi connectivity index (χ3n) is 4.84. The minimum atomic E-state index is -0.237. The molecule has 1 aromatic heterocycles. The van der Waals surface area contributed by atoms with Crippen molar-refractivity contribution in [3.8, 4) is 17.0 Å². The van der Waals surface area contributed by atoms with Crippen LogP contribution in [0.5, 0.6) is 5.75 Å². The van der Waals surface area contributed by atoms with Crippen molar-refractivity contribution in [3.63, 3.8) is 0 Å². The van der Waals surface area contributed by atoms with Crippen LogP contribution in [0.2, 0.25) is 0 Å². The van der Waals surface area contributed by atoms with Crippen LogP contribution in [0.4, 0.5) is 0 Å². The molecule has 4 N–H and O–H groups in total. The number of hydrogen-bond donors (Lipinski definition) is 4. The molecule has 0 saturated heterocycles. The van der Waals surface area contributed by atoms with E-state index in [4.69, 9.17) is 0 Å². The number of phenolic OH excluding ortho intramolecular Hbond substituents is 1. The van der Waals surface area contributed by atoms with Crippen molar-refractivity contribution in [3.05, 3.63) is 36.0 Å². The number of rotatable bonds is 6. The zero-order chi connectivity index (χ0) is 20.1. The number of nitrogens with one attached hydrogen (secondary N) is 3. The lowest BCUT2D eigenvalue weighted by Crippen LogP contribution is -2.47. The van der Waals surface area contributed by atoms with Crippen molar-refractivity contribution in [2.75, 3.05) is 20.6 Å². The molecule has 0 bridgehead atoms. The number of likely N-dealkylation sites (N-methyl/N-ethyl adjacent to an activating group) is 1. The number of carbonyl (C=O) groups excluding carboxylic acids is 2. The number of para-hydroxylation sites is 1. The van der Waals surface area contributed by atoms with Crippen LogP contribution in [0.25, 0.3) is 11.3 Å². The number of benzene rings is 1. The number of carbonyl (C=O) groups is 2. The number of aromatic hydroxyl groups is 1. The van der Waals surface area contributed by atoms with E-state index in [1.807, 2.05) is 19.0 Å². The highest BCUT2D eigenvalue weighted by molar-refractivity contribution is 5.93. The first-order valence-electron chi connectivity index (χ1n) is 9.51. The minimum Gasteiger partial charge on any atom is -0.507 e. The van der Waals surface area contributed by atoms with Crippen molar-refractivity contribution in [1.29, 1.82) is 0 Å². The summed E-state index contributed by atoms with van der Waals surface area (Å²) in [5.41, 5.74) is 1.43. The zero-order valence-electron chi connectivity index (χ0n) is 16.2. The molecule has 1 saturated carbocycles. The van der Waals surface area contributed by atoms with E-state index in [1.54, 1.807) is 30.3 Å². The average molecular weight is 385 g/mol. The normalized spacial score (nSPS) is 19.4. The van der Waals surface area contributed by atoms with Gasteiger partial charge in [0.25, 0.3) is 5.91 Å². The van der Waals surface area contributed by atoms with Gasteiger partial charge >= 0.3 is 0 Å². The molecule has 28 heavy (non-hydrogen) atoms. The number of hydrogen-bond acceptors (Lipinski definition) is 5. The molecule has 1 heterocycles. The summed E-state index contributed by atoms with van der Waals surface area (Å²) >= 11 is 0. The first-order chi connectivity index (χ1) is 13.4. The molecule has 1 aliphatic carbocycles. The number of aromatic nitrogens is 2. The van der Waals surface area contributed by atoms with Crippen molar-refractivity contribution in [2.24, 2.45) is 0 Å². The van der Waals surface area contributed by atoms with Crippen LogP contribution in [-0.4, -0.2) is 64.7 Å². The van der Waals surface area contributed by atoms with Crippen LogP contribution in [0.1, 0.15) is 36.2 Å². The lowest BCUT2D eigenvalue weighted by Gasteiger charge is -2.30. The van der Waals surface area contributed by atoms with E-state index in [0.717, 1.165) is 19.3 Å². The first kappa shape index (κ1) is 19.9. The minimum absolute atomic E-state index is 0.00258. The molecule has 1 fully saturated rings. The van der Waals surface area contributed by atoms with Gasteiger partial charge in [-0.15, -0.1) is 0 Å². The van der Waals surface area contributed by atoms with Crippen molar-refractivity contribution in [1.82, 2.24) is 25.7 Å². The Morgan fingerprint density at radius 2 is 1.93 bits per heavy atom. The third kappa shape index (κ3) is 5.10. The van der Waals surface area contributed by atoms with E-state index in [1.165, 1.54) is 0 Å². The highest BCUT2D eigenvalue weighted by atomic mass is 16.3. The SMILES string of the molecule is CN(C)CC(=O)N[C@@H]1CCC[C@@H](NC(=O)c2cc(-c3ccccc3O)n[nH]2)C1. The second-order valence-corrected chi connectivity index (χ2v) is 7.52. The predicted molar refractivity (Wildman–Crippen MR) is 106 cm³/mol. The summed E-state index contributed by atoms with van der Waals surface area (Å²) in [6.07, 6.45) is 3.47. The molecule has 8 heteroatoms. The van der Waals surface area contributed by atoms with Crippen LogP contribution in [0.15, 0.2) is 30.3 Å². The van der Waals surface area contributed by atoms with Gasteiger partial charge < -0.3 is 20.6 Å². The molecule has 2 aromatic rings. The third-order valence-corrected chi connectivity index (χ3v) is 4.84. The van der Waals surface area contributed by atoms with Gasteiger partial charge in [0.15, 0.2) is 0 Å². The fourth-order valence-electron chi connectivity index (χ4n) is 3.54. The lowest BCUT2D eigenvalue weighted by molar-refractivity contribution is -0.122. The maximum absolute atomic E-state index is 12.6. The quantitative estimate of drug-likeness (QED) is 0.602. The molecule has 2 atom stereocenters. The fourth-order valence-corrected chi connectivity index (χ4v) is 3.54. The zero-order valence-corrected chi connectivity index (χ0v) is 16.2. The highest BCUT2D eigenvalue weighted by Gasteiger charge is 2.25. The summed E-state index contributed by atoms with van der Waals surface area (Å²) in [6.45, 7) is 0.358. The summed E-state index contributed by atoms with van der Waals surface area (Å²) in [7, 11) is 3.72.